The molecule has 0 aromatic carbocycles. The normalized spacial score (nSPS) is 10.7. The Morgan fingerprint density at radius 2 is 1.95 bits per heavy atom. The van der Waals surface area contributed by atoms with Crippen LogP contribution in [0.25, 0.3) is 0 Å². The fourth-order valence-corrected chi connectivity index (χ4v) is 1.97. The van der Waals surface area contributed by atoms with Crippen LogP contribution in [0.3, 0.4) is 0 Å². The zero-order valence-corrected chi connectivity index (χ0v) is 12.1. The van der Waals surface area contributed by atoms with Gasteiger partial charge in [0, 0.05) is 18.8 Å². The summed E-state index contributed by atoms with van der Waals surface area (Å²) < 4.78 is 2.04. The van der Waals surface area contributed by atoms with Crippen molar-refractivity contribution in [2.75, 3.05) is 11.9 Å². The van der Waals surface area contributed by atoms with Gasteiger partial charge in [0.25, 0.3) is 0 Å². The van der Waals surface area contributed by atoms with E-state index in [0.717, 1.165) is 42.4 Å². The van der Waals surface area contributed by atoms with Gasteiger partial charge in [-0.3, -0.25) is 9.67 Å². The summed E-state index contributed by atoms with van der Waals surface area (Å²) in [7, 11) is 0. The first-order valence-corrected chi connectivity index (χ1v) is 6.61. The standard InChI is InChI=1S/C14H21N5/c1-10-8-11(2)19(18-10)7-5-6-15-14-9-16-12(3)13(4)17-14/h8-9H,5-7H2,1-4H3,(H,15,17). The van der Waals surface area contributed by atoms with E-state index >= 15 is 0 Å². The van der Waals surface area contributed by atoms with E-state index in [1.54, 1.807) is 6.20 Å². The van der Waals surface area contributed by atoms with Crippen LogP contribution in [0.1, 0.15) is 29.2 Å². The van der Waals surface area contributed by atoms with Crippen LogP contribution in [0.4, 0.5) is 5.82 Å². The van der Waals surface area contributed by atoms with Crippen LogP contribution in [0.15, 0.2) is 12.3 Å². The quantitative estimate of drug-likeness (QED) is 0.838. The van der Waals surface area contributed by atoms with Crippen LogP contribution in [-0.4, -0.2) is 26.3 Å². The van der Waals surface area contributed by atoms with Gasteiger partial charge in [0.05, 0.1) is 23.3 Å². The second-order valence-electron chi connectivity index (χ2n) is 4.86. The Morgan fingerprint density at radius 3 is 2.58 bits per heavy atom. The molecule has 0 fully saturated rings. The number of nitrogens with zero attached hydrogens (tertiary/aromatic N) is 4. The molecule has 0 aliphatic heterocycles. The molecule has 0 aliphatic rings. The molecule has 0 bridgehead atoms. The molecule has 2 aromatic rings. The zero-order chi connectivity index (χ0) is 13.8. The van der Waals surface area contributed by atoms with E-state index in [2.05, 4.69) is 33.4 Å². The predicted molar refractivity (Wildman–Crippen MR) is 76.3 cm³/mol. The molecule has 0 unspecified atom stereocenters. The van der Waals surface area contributed by atoms with Crippen LogP contribution in [0, 0.1) is 27.7 Å². The van der Waals surface area contributed by atoms with Crippen LogP contribution in [0.5, 0.6) is 0 Å². The third kappa shape index (κ3) is 3.53. The van der Waals surface area contributed by atoms with Crippen LogP contribution >= 0.6 is 0 Å². The summed E-state index contributed by atoms with van der Waals surface area (Å²) in [6.45, 7) is 9.84. The fraction of sp³-hybridized carbons (Fsp3) is 0.500. The molecule has 5 heteroatoms. The molecular weight excluding hydrogens is 238 g/mol. The average molecular weight is 259 g/mol. The topological polar surface area (TPSA) is 55.6 Å². The van der Waals surface area contributed by atoms with Crippen molar-refractivity contribution in [3.05, 3.63) is 35.0 Å². The molecule has 0 spiro atoms. The van der Waals surface area contributed by atoms with E-state index in [9.17, 15) is 0 Å². The SMILES string of the molecule is Cc1cc(C)n(CCCNc2cnc(C)c(C)n2)n1. The van der Waals surface area contributed by atoms with Crippen molar-refractivity contribution < 1.29 is 0 Å². The van der Waals surface area contributed by atoms with E-state index in [1.807, 2.05) is 25.5 Å². The second kappa shape index (κ2) is 5.82. The number of anilines is 1. The van der Waals surface area contributed by atoms with Crippen LogP contribution in [-0.2, 0) is 6.54 Å². The Hall–Kier alpha value is -1.91. The predicted octanol–water partition coefficient (Wildman–Crippen LogP) is 2.41. The van der Waals surface area contributed by atoms with Gasteiger partial charge in [-0.05, 0) is 40.2 Å². The minimum Gasteiger partial charge on any atom is -0.369 e. The summed E-state index contributed by atoms with van der Waals surface area (Å²) in [4.78, 5) is 8.73. The van der Waals surface area contributed by atoms with Crippen molar-refractivity contribution in [3.63, 3.8) is 0 Å². The van der Waals surface area contributed by atoms with E-state index in [-0.39, 0.29) is 0 Å². The Kier molecular flexibility index (Phi) is 4.14. The van der Waals surface area contributed by atoms with Gasteiger partial charge < -0.3 is 5.32 Å². The summed E-state index contributed by atoms with van der Waals surface area (Å²) in [6.07, 6.45) is 2.79. The number of nitrogens with one attached hydrogen (secondary N) is 1. The molecule has 0 saturated heterocycles. The van der Waals surface area contributed by atoms with E-state index in [1.165, 1.54) is 5.69 Å². The van der Waals surface area contributed by atoms with Gasteiger partial charge in [-0.15, -0.1) is 0 Å². The Labute approximate surface area is 114 Å². The lowest BCUT2D eigenvalue weighted by molar-refractivity contribution is 0.573. The molecule has 19 heavy (non-hydrogen) atoms. The van der Waals surface area contributed by atoms with Gasteiger partial charge in [-0.2, -0.15) is 5.10 Å². The molecule has 1 N–H and O–H groups in total. The molecule has 2 aromatic heterocycles. The summed E-state index contributed by atoms with van der Waals surface area (Å²) in [5.74, 6) is 0.844. The van der Waals surface area contributed by atoms with Gasteiger partial charge in [-0.1, -0.05) is 0 Å². The molecule has 0 saturated carbocycles. The Bertz CT molecular complexity index is 559. The maximum Gasteiger partial charge on any atom is 0.144 e. The number of hydrogen-bond donors (Lipinski definition) is 1. The highest BCUT2D eigenvalue weighted by molar-refractivity contribution is 5.33. The maximum absolute atomic E-state index is 4.44. The lowest BCUT2D eigenvalue weighted by Gasteiger charge is -2.08. The molecule has 0 radical (unpaired) electrons. The summed E-state index contributed by atoms with van der Waals surface area (Å²) in [5, 5.41) is 7.74. The first kappa shape index (κ1) is 13.5. The van der Waals surface area contributed by atoms with Crippen molar-refractivity contribution in [1.29, 1.82) is 0 Å². The van der Waals surface area contributed by atoms with Crippen molar-refractivity contribution in [2.45, 2.75) is 40.7 Å². The van der Waals surface area contributed by atoms with Crippen molar-refractivity contribution in [3.8, 4) is 0 Å². The van der Waals surface area contributed by atoms with Crippen molar-refractivity contribution in [2.24, 2.45) is 0 Å². The lowest BCUT2D eigenvalue weighted by atomic mass is 10.3. The minimum absolute atomic E-state index is 0.844. The minimum atomic E-state index is 0.844. The average Bonchev–Trinajstić information content (AvgIpc) is 2.68. The van der Waals surface area contributed by atoms with E-state index in [4.69, 9.17) is 0 Å². The number of aromatic nitrogens is 4. The molecule has 2 heterocycles. The van der Waals surface area contributed by atoms with Gasteiger partial charge in [-0.25, -0.2) is 4.98 Å². The van der Waals surface area contributed by atoms with Gasteiger partial charge in [0.15, 0.2) is 0 Å². The summed E-state index contributed by atoms with van der Waals surface area (Å²) in [6, 6.07) is 2.10. The zero-order valence-electron chi connectivity index (χ0n) is 12.1. The molecule has 0 atom stereocenters. The van der Waals surface area contributed by atoms with Gasteiger partial charge >= 0.3 is 0 Å². The van der Waals surface area contributed by atoms with Gasteiger partial charge in [0.1, 0.15) is 5.82 Å². The molecule has 102 valence electrons. The smallest absolute Gasteiger partial charge is 0.144 e. The first-order chi connectivity index (χ1) is 9.06. The largest absolute Gasteiger partial charge is 0.369 e. The Balaban J connectivity index is 1.80. The second-order valence-corrected chi connectivity index (χ2v) is 4.86. The monoisotopic (exact) mass is 259 g/mol. The fourth-order valence-electron chi connectivity index (χ4n) is 1.97. The Morgan fingerprint density at radius 1 is 1.16 bits per heavy atom. The molecule has 0 aliphatic carbocycles. The number of rotatable bonds is 5. The van der Waals surface area contributed by atoms with E-state index in [0.29, 0.717) is 0 Å². The third-order valence-electron chi connectivity index (χ3n) is 3.15. The van der Waals surface area contributed by atoms with E-state index < -0.39 is 0 Å². The number of aryl methyl sites for hydroxylation is 5. The molecule has 5 nitrogen and oxygen atoms in total. The highest BCUT2D eigenvalue weighted by atomic mass is 15.3. The number of hydrogen-bond acceptors (Lipinski definition) is 4. The van der Waals surface area contributed by atoms with Crippen LogP contribution < -0.4 is 5.32 Å². The summed E-state index contributed by atoms with van der Waals surface area (Å²) >= 11 is 0. The molecule has 0 amide bonds. The highest BCUT2D eigenvalue weighted by Gasteiger charge is 2.01. The first-order valence-electron chi connectivity index (χ1n) is 6.61. The van der Waals surface area contributed by atoms with Crippen molar-refractivity contribution in [1.82, 2.24) is 19.7 Å². The summed E-state index contributed by atoms with van der Waals surface area (Å²) in [5.41, 5.74) is 4.24. The molecule has 2 rings (SSSR count). The highest BCUT2D eigenvalue weighted by Crippen LogP contribution is 2.06. The maximum atomic E-state index is 4.44. The third-order valence-corrected chi connectivity index (χ3v) is 3.15. The molecular formula is C14H21N5. The lowest BCUT2D eigenvalue weighted by Crippen LogP contribution is -2.10. The van der Waals surface area contributed by atoms with Crippen LogP contribution in [0.2, 0.25) is 0 Å². The van der Waals surface area contributed by atoms with Crippen molar-refractivity contribution >= 4 is 5.82 Å². The van der Waals surface area contributed by atoms with Gasteiger partial charge in [0.2, 0.25) is 0 Å².